The van der Waals surface area contributed by atoms with Gasteiger partial charge in [-0.25, -0.2) is 4.99 Å². The highest BCUT2D eigenvalue weighted by molar-refractivity contribution is 7.16. The van der Waals surface area contributed by atoms with Gasteiger partial charge < -0.3 is 19.2 Å². The Morgan fingerprint density at radius 3 is 2.67 bits per heavy atom. The van der Waals surface area contributed by atoms with Crippen LogP contribution in [0.25, 0.3) is 0 Å². The third kappa shape index (κ3) is 7.26. The molecule has 1 aliphatic rings. The molecule has 2 aromatic heterocycles. The Morgan fingerprint density at radius 2 is 1.95 bits per heavy atom. The van der Waals surface area contributed by atoms with Crippen LogP contribution in [-0.2, 0) is 26.0 Å². The Bertz CT molecular complexity index is 1530. The first-order chi connectivity index (χ1) is 20.2. The van der Waals surface area contributed by atoms with E-state index in [2.05, 4.69) is 26.1 Å². The molecule has 0 fully saturated rings. The maximum atomic E-state index is 13.5. The van der Waals surface area contributed by atoms with Gasteiger partial charge in [-0.05, 0) is 96.7 Å². The molecule has 0 radical (unpaired) electrons. The summed E-state index contributed by atoms with van der Waals surface area (Å²) in [5.74, 6) is 2.46. The molecule has 2 heterocycles. The third-order valence-corrected chi connectivity index (χ3v) is 9.02. The molecule has 220 valence electrons. The summed E-state index contributed by atoms with van der Waals surface area (Å²) >= 11 is 7.64. The second-order valence-electron chi connectivity index (χ2n) is 11.6. The number of amides is 1. The van der Waals surface area contributed by atoms with Crippen molar-refractivity contribution in [3.8, 4) is 11.5 Å². The molecule has 0 bridgehead atoms. The molecule has 2 aromatic carbocycles. The van der Waals surface area contributed by atoms with Crippen LogP contribution in [-0.4, -0.2) is 18.7 Å². The number of carbonyl (C=O) groups is 1. The zero-order valence-electron chi connectivity index (χ0n) is 24.5. The molecule has 0 aliphatic heterocycles. The van der Waals surface area contributed by atoms with Crippen LogP contribution in [0.1, 0.15) is 71.8 Å². The number of aliphatic imine (C=N–C) groups is 1. The van der Waals surface area contributed by atoms with Gasteiger partial charge in [0.1, 0.15) is 17.4 Å². The van der Waals surface area contributed by atoms with Crippen LogP contribution < -0.4 is 14.8 Å². The van der Waals surface area contributed by atoms with Crippen molar-refractivity contribution in [1.82, 2.24) is 5.32 Å². The van der Waals surface area contributed by atoms with Crippen molar-refractivity contribution in [2.45, 2.75) is 60.1 Å². The summed E-state index contributed by atoms with van der Waals surface area (Å²) in [4.78, 5) is 19.6. The molecule has 8 heteroatoms. The number of halogens is 1. The van der Waals surface area contributed by atoms with Gasteiger partial charge >= 0.3 is 0 Å². The maximum absolute atomic E-state index is 13.5. The summed E-state index contributed by atoms with van der Waals surface area (Å²) in [7, 11) is 0. The Morgan fingerprint density at radius 1 is 1.14 bits per heavy atom. The third-order valence-electron chi connectivity index (χ3n) is 7.61. The van der Waals surface area contributed by atoms with Gasteiger partial charge in [-0.3, -0.25) is 4.79 Å². The molecular weight excluding hydrogens is 568 g/mol. The van der Waals surface area contributed by atoms with E-state index in [1.54, 1.807) is 23.8 Å². The molecule has 1 N–H and O–H groups in total. The highest BCUT2D eigenvalue weighted by Gasteiger charge is 2.33. The lowest BCUT2D eigenvalue weighted by Crippen LogP contribution is -2.28. The molecule has 1 atom stereocenters. The lowest BCUT2D eigenvalue weighted by molar-refractivity contribution is 0.0947. The molecule has 4 aromatic rings. The lowest BCUT2D eigenvalue weighted by atomic mass is 9.72. The summed E-state index contributed by atoms with van der Waals surface area (Å²) in [6.45, 7) is 10.1. The van der Waals surface area contributed by atoms with E-state index in [1.807, 2.05) is 61.5 Å². The van der Waals surface area contributed by atoms with E-state index in [0.29, 0.717) is 53.5 Å². The van der Waals surface area contributed by atoms with Gasteiger partial charge in [0.05, 0.1) is 25.0 Å². The summed E-state index contributed by atoms with van der Waals surface area (Å²) < 4.78 is 17.4. The Kier molecular flexibility index (Phi) is 9.39. The fourth-order valence-electron chi connectivity index (χ4n) is 5.17. The van der Waals surface area contributed by atoms with E-state index in [9.17, 15) is 4.79 Å². The normalized spacial score (nSPS) is 15.0. The zero-order valence-corrected chi connectivity index (χ0v) is 26.1. The second-order valence-corrected chi connectivity index (χ2v) is 13.1. The predicted molar refractivity (Wildman–Crippen MR) is 170 cm³/mol. The Balaban J connectivity index is 1.39. The topological polar surface area (TPSA) is 73.1 Å². The molecule has 0 saturated heterocycles. The minimum absolute atomic E-state index is 0.119. The van der Waals surface area contributed by atoms with E-state index >= 15 is 0 Å². The van der Waals surface area contributed by atoms with Gasteiger partial charge in [-0.15, -0.1) is 11.3 Å². The quantitative estimate of drug-likeness (QED) is 0.184. The summed E-state index contributed by atoms with van der Waals surface area (Å²) in [6, 6.07) is 17.0. The van der Waals surface area contributed by atoms with E-state index in [0.717, 1.165) is 41.0 Å². The first kappa shape index (κ1) is 29.9. The van der Waals surface area contributed by atoms with Crippen molar-refractivity contribution in [2.24, 2.45) is 16.3 Å². The molecule has 0 unspecified atom stereocenters. The van der Waals surface area contributed by atoms with E-state index in [-0.39, 0.29) is 11.3 Å². The Hall–Kier alpha value is -3.55. The monoisotopic (exact) mass is 604 g/mol. The first-order valence-corrected chi connectivity index (χ1v) is 15.5. The first-order valence-electron chi connectivity index (χ1n) is 14.3. The van der Waals surface area contributed by atoms with Gasteiger partial charge in [0, 0.05) is 16.1 Å². The SMILES string of the molecule is CCOc1cc(C=Nc2sc3c(c2C(=O)NCc2ccco2)CC[C@@H](C(C)(C)C)C3)ccc1OCc1ccc(Cl)cc1. The lowest BCUT2D eigenvalue weighted by Gasteiger charge is -2.33. The Labute approximate surface area is 256 Å². The van der Waals surface area contributed by atoms with Crippen molar-refractivity contribution < 1.29 is 18.7 Å². The van der Waals surface area contributed by atoms with Gasteiger partial charge in [0.2, 0.25) is 0 Å². The number of hydrogen-bond donors (Lipinski definition) is 1. The molecule has 6 nitrogen and oxygen atoms in total. The number of furan rings is 1. The largest absolute Gasteiger partial charge is 0.490 e. The van der Waals surface area contributed by atoms with Gasteiger partial charge in [-0.2, -0.15) is 0 Å². The molecular formula is C34H37ClN2O4S. The van der Waals surface area contributed by atoms with Crippen molar-refractivity contribution in [1.29, 1.82) is 0 Å². The summed E-state index contributed by atoms with van der Waals surface area (Å²) in [6.07, 6.45) is 6.31. The van der Waals surface area contributed by atoms with Crippen molar-refractivity contribution in [2.75, 3.05) is 6.61 Å². The van der Waals surface area contributed by atoms with Crippen molar-refractivity contribution >= 4 is 40.1 Å². The van der Waals surface area contributed by atoms with Crippen LogP contribution in [0.15, 0.2) is 70.3 Å². The van der Waals surface area contributed by atoms with Crippen molar-refractivity contribution in [3.63, 3.8) is 0 Å². The summed E-state index contributed by atoms with van der Waals surface area (Å²) in [5.41, 5.74) is 3.89. The average Bonchev–Trinajstić information content (AvgIpc) is 3.62. The predicted octanol–water partition coefficient (Wildman–Crippen LogP) is 8.80. The average molecular weight is 605 g/mol. The highest BCUT2D eigenvalue weighted by atomic mass is 35.5. The molecule has 5 rings (SSSR count). The number of nitrogens with zero attached hydrogens (tertiary/aromatic N) is 1. The van der Waals surface area contributed by atoms with Crippen LogP contribution in [0.3, 0.4) is 0 Å². The second kappa shape index (κ2) is 13.2. The van der Waals surface area contributed by atoms with Gasteiger partial charge in [0.25, 0.3) is 5.91 Å². The minimum atomic E-state index is -0.119. The number of benzene rings is 2. The van der Waals surface area contributed by atoms with Gasteiger partial charge in [0.15, 0.2) is 11.5 Å². The van der Waals surface area contributed by atoms with Crippen LogP contribution in [0.2, 0.25) is 5.02 Å². The fourth-order valence-corrected chi connectivity index (χ4v) is 6.57. The molecule has 1 aliphatic carbocycles. The number of carbonyl (C=O) groups excluding carboxylic acids is 1. The van der Waals surface area contributed by atoms with Crippen molar-refractivity contribution in [3.05, 3.63) is 98.8 Å². The molecule has 0 saturated carbocycles. The smallest absolute Gasteiger partial charge is 0.255 e. The molecule has 42 heavy (non-hydrogen) atoms. The number of hydrogen-bond acceptors (Lipinski definition) is 6. The zero-order chi connectivity index (χ0) is 29.7. The maximum Gasteiger partial charge on any atom is 0.255 e. The molecule has 0 spiro atoms. The van der Waals surface area contributed by atoms with E-state index in [4.69, 9.17) is 30.5 Å². The number of ether oxygens (including phenoxy) is 2. The van der Waals surface area contributed by atoms with Crippen LogP contribution in [0.5, 0.6) is 11.5 Å². The van der Waals surface area contributed by atoms with E-state index in [1.165, 1.54) is 4.88 Å². The fraction of sp³-hybridized carbons (Fsp3) is 0.353. The molecule has 1 amide bonds. The van der Waals surface area contributed by atoms with Crippen LogP contribution >= 0.6 is 22.9 Å². The number of fused-ring (bicyclic) bond motifs is 1. The van der Waals surface area contributed by atoms with E-state index < -0.39 is 0 Å². The van der Waals surface area contributed by atoms with Gasteiger partial charge in [-0.1, -0.05) is 44.5 Å². The van der Waals surface area contributed by atoms with Crippen LogP contribution in [0.4, 0.5) is 5.00 Å². The number of rotatable bonds is 10. The minimum Gasteiger partial charge on any atom is -0.490 e. The number of thiophene rings is 1. The number of nitrogens with one attached hydrogen (secondary N) is 1. The summed E-state index contributed by atoms with van der Waals surface area (Å²) in [5, 5.41) is 4.46. The highest BCUT2D eigenvalue weighted by Crippen LogP contribution is 2.45. The van der Waals surface area contributed by atoms with Crippen LogP contribution in [0, 0.1) is 11.3 Å². The standard InChI is InChI=1S/C34H37ClN2O4S/c1-5-39-29-17-23(10-15-28(29)41-21-22-8-12-25(35)13-9-22)19-37-33-31(32(38)36-20-26-7-6-16-40-26)27-14-11-24(34(2,3)4)18-30(27)42-33/h6-10,12-13,15-17,19,24H,5,11,14,18,20-21H2,1-4H3,(H,36,38)/t24-/m1/s1.